The summed E-state index contributed by atoms with van der Waals surface area (Å²) < 4.78 is 9.09. The lowest BCUT2D eigenvalue weighted by Gasteiger charge is -2.11. The number of furan rings is 1. The van der Waals surface area contributed by atoms with Gasteiger partial charge in [0.2, 0.25) is 0 Å². The Hall–Kier alpha value is -6.42. The van der Waals surface area contributed by atoms with Gasteiger partial charge in [0.1, 0.15) is 11.2 Å². The van der Waals surface area contributed by atoms with Crippen molar-refractivity contribution >= 4 is 64.8 Å². The molecule has 0 spiro atoms. The van der Waals surface area contributed by atoms with E-state index in [0.29, 0.717) is 0 Å². The molecule has 0 bridgehead atoms. The van der Waals surface area contributed by atoms with Crippen molar-refractivity contribution < 1.29 is 4.42 Å². The highest BCUT2D eigenvalue weighted by molar-refractivity contribution is 7.25. The molecule has 10 aromatic rings. The molecular formula is C48H31NOS. The van der Waals surface area contributed by atoms with E-state index in [1.807, 2.05) is 11.3 Å². The van der Waals surface area contributed by atoms with Gasteiger partial charge in [0.15, 0.2) is 0 Å². The van der Waals surface area contributed by atoms with Crippen molar-refractivity contribution in [2.75, 3.05) is 5.32 Å². The molecule has 0 radical (unpaired) electrons. The molecule has 0 saturated carbocycles. The Morgan fingerprint density at radius 3 is 1.71 bits per heavy atom. The van der Waals surface area contributed by atoms with Crippen LogP contribution in [0.3, 0.4) is 0 Å². The van der Waals surface area contributed by atoms with Crippen LogP contribution in [0.5, 0.6) is 0 Å². The van der Waals surface area contributed by atoms with Gasteiger partial charge in [0.25, 0.3) is 0 Å². The van der Waals surface area contributed by atoms with Crippen LogP contribution in [-0.4, -0.2) is 0 Å². The molecule has 3 heteroatoms. The summed E-state index contributed by atoms with van der Waals surface area (Å²) in [6, 6.07) is 64.9. The van der Waals surface area contributed by atoms with Gasteiger partial charge in [-0.25, -0.2) is 0 Å². The molecule has 0 amide bonds. The van der Waals surface area contributed by atoms with E-state index in [0.717, 1.165) is 44.4 Å². The Morgan fingerprint density at radius 2 is 0.922 bits per heavy atom. The number of fused-ring (bicyclic) bond motifs is 6. The van der Waals surface area contributed by atoms with Gasteiger partial charge in [-0.1, -0.05) is 133 Å². The molecular weight excluding hydrogens is 639 g/mol. The van der Waals surface area contributed by atoms with Crippen LogP contribution in [0, 0.1) is 0 Å². The number of hydrogen-bond donors (Lipinski definition) is 1. The van der Waals surface area contributed by atoms with Crippen molar-refractivity contribution in [3.8, 4) is 44.5 Å². The highest BCUT2D eigenvalue weighted by atomic mass is 32.1. The molecule has 0 fully saturated rings. The smallest absolute Gasteiger partial charge is 0.137 e. The molecule has 2 nitrogen and oxygen atoms in total. The van der Waals surface area contributed by atoms with Gasteiger partial charge in [-0.2, -0.15) is 0 Å². The largest absolute Gasteiger partial charge is 0.456 e. The van der Waals surface area contributed by atoms with E-state index in [9.17, 15) is 0 Å². The minimum atomic E-state index is 0.865. The third kappa shape index (κ3) is 5.18. The summed E-state index contributed by atoms with van der Waals surface area (Å²) in [4.78, 5) is 0. The Labute approximate surface area is 299 Å². The van der Waals surface area contributed by atoms with E-state index in [1.165, 1.54) is 53.6 Å². The van der Waals surface area contributed by atoms with Crippen LogP contribution in [0.2, 0.25) is 0 Å². The second kappa shape index (κ2) is 12.2. The molecule has 0 saturated heterocycles. The minimum Gasteiger partial charge on any atom is -0.456 e. The van der Waals surface area contributed by atoms with Gasteiger partial charge < -0.3 is 9.73 Å². The van der Waals surface area contributed by atoms with Crippen LogP contribution in [-0.2, 0) is 0 Å². The fourth-order valence-corrected chi connectivity index (χ4v) is 8.60. The van der Waals surface area contributed by atoms with Crippen molar-refractivity contribution in [3.63, 3.8) is 0 Å². The van der Waals surface area contributed by atoms with Crippen molar-refractivity contribution in [1.29, 1.82) is 0 Å². The highest BCUT2D eigenvalue weighted by Gasteiger charge is 2.17. The second-order valence-electron chi connectivity index (χ2n) is 13.0. The SMILES string of the molecule is c1ccc(-c2cccc(-c3ccc(-c4cccc5oc6cccc(Nc7ccc(-c8cccc9sc%10ccccc%10c89)cc7)c6c45)cc3)c2)cc1. The van der Waals surface area contributed by atoms with E-state index in [-0.39, 0.29) is 0 Å². The van der Waals surface area contributed by atoms with Crippen LogP contribution in [0.25, 0.3) is 86.6 Å². The Kier molecular flexibility index (Phi) is 7.04. The zero-order valence-corrected chi connectivity index (χ0v) is 28.5. The third-order valence-corrected chi connectivity index (χ3v) is 11.0. The quantitative estimate of drug-likeness (QED) is 0.191. The second-order valence-corrected chi connectivity index (χ2v) is 14.0. The number of hydrogen-bond acceptors (Lipinski definition) is 3. The summed E-state index contributed by atoms with van der Waals surface area (Å²) in [6.07, 6.45) is 0. The van der Waals surface area contributed by atoms with Crippen molar-refractivity contribution in [2.45, 2.75) is 0 Å². The summed E-state index contributed by atoms with van der Waals surface area (Å²) in [5, 5.41) is 8.58. The summed E-state index contributed by atoms with van der Waals surface area (Å²) in [7, 11) is 0. The standard InChI is InChI=1S/C48H31NOS/c1-2-10-31(11-3-1)35-12-6-13-36(30-35)32-22-24-33(25-23-32)39-15-7-18-42-47(39)48-41(17-9-19-43(48)50-42)49-37-28-26-34(27-29-37)38-16-8-21-45-46(38)40-14-4-5-20-44(40)51-45/h1-30,49H. The molecule has 0 aliphatic heterocycles. The Bertz CT molecular complexity index is 2860. The monoisotopic (exact) mass is 669 g/mol. The van der Waals surface area contributed by atoms with Gasteiger partial charge in [-0.15, -0.1) is 11.3 Å². The van der Waals surface area contributed by atoms with E-state index in [4.69, 9.17) is 4.42 Å². The minimum absolute atomic E-state index is 0.865. The van der Waals surface area contributed by atoms with Crippen molar-refractivity contribution in [3.05, 3.63) is 182 Å². The van der Waals surface area contributed by atoms with Crippen LogP contribution < -0.4 is 5.32 Å². The van der Waals surface area contributed by atoms with Gasteiger partial charge in [0.05, 0.1) is 11.1 Å². The van der Waals surface area contributed by atoms with Crippen LogP contribution >= 0.6 is 11.3 Å². The molecule has 0 atom stereocenters. The maximum atomic E-state index is 6.45. The van der Waals surface area contributed by atoms with Crippen molar-refractivity contribution in [1.82, 2.24) is 0 Å². The summed E-state index contributed by atoms with van der Waals surface area (Å²) in [5.74, 6) is 0. The first-order valence-electron chi connectivity index (χ1n) is 17.3. The van der Waals surface area contributed by atoms with Gasteiger partial charge >= 0.3 is 0 Å². The average molecular weight is 670 g/mol. The normalized spacial score (nSPS) is 11.5. The zero-order chi connectivity index (χ0) is 33.7. The number of thiophene rings is 1. The lowest BCUT2D eigenvalue weighted by Crippen LogP contribution is -1.91. The lowest BCUT2D eigenvalue weighted by molar-refractivity contribution is 0.669. The topological polar surface area (TPSA) is 25.2 Å². The molecule has 0 aliphatic carbocycles. The molecule has 1 N–H and O–H groups in total. The van der Waals surface area contributed by atoms with Gasteiger partial charge in [-0.05, 0) is 93.0 Å². The van der Waals surface area contributed by atoms with E-state index in [2.05, 4.69) is 187 Å². The molecule has 0 aliphatic rings. The van der Waals surface area contributed by atoms with Gasteiger partial charge in [-0.3, -0.25) is 0 Å². The van der Waals surface area contributed by atoms with Crippen LogP contribution in [0.15, 0.2) is 186 Å². The lowest BCUT2D eigenvalue weighted by atomic mass is 9.95. The number of nitrogens with one attached hydrogen (secondary N) is 1. The van der Waals surface area contributed by atoms with E-state index in [1.54, 1.807) is 0 Å². The first-order chi connectivity index (χ1) is 25.3. The Balaban J connectivity index is 0.997. The molecule has 2 heterocycles. The zero-order valence-electron chi connectivity index (χ0n) is 27.6. The van der Waals surface area contributed by atoms with Crippen LogP contribution in [0.4, 0.5) is 11.4 Å². The van der Waals surface area contributed by atoms with Crippen LogP contribution in [0.1, 0.15) is 0 Å². The molecule has 51 heavy (non-hydrogen) atoms. The Morgan fingerprint density at radius 1 is 0.373 bits per heavy atom. The van der Waals surface area contributed by atoms with E-state index >= 15 is 0 Å². The molecule has 10 rings (SSSR count). The predicted octanol–water partition coefficient (Wildman–Crippen LogP) is 14.4. The van der Waals surface area contributed by atoms with E-state index < -0.39 is 0 Å². The first-order valence-corrected chi connectivity index (χ1v) is 18.1. The first kappa shape index (κ1) is 29.5. The number of rotatable bonds is 6. The average Bonchev–Trinajstić information content (AvgIpc) is 3.78. The highest BCUT2D eigenvalue weighted by Crippen LogP contribution is 2.43. The predicted molar refractivity (Wildman–Crippen MR) is 218 cm³/mol. The molecule has 240 valence electrons. The summed E-state index contributed by atoms with van der Waals surface area (Å²) >= 11 is 1.86. The fraction of sp³-hybridized carbons (Fsp3) is 0. The van der Waals surface area contributed by atoms with Crippen molar-refractivity contribution in [2.24, 2.45) is 0 Å². The molecule has 2 aromatic heterocycles. The number of benzene rings is 8. The maximum absolute atomic E-state index is 6.45. The fourth-order valence-electron chi connectivity index (χ4n) is 7.47. The molecule has 8 aromatic carbocycles. The third-order valence-electron chi connectivity index (χ3n) is 9.90. The summed E-state index contributed by atoms with van der Waals surface area (Å²) in [6.45, 7) is 0. The summed E-state index contributed by atoms with van der Waals surface area (Å²) in [5.41, 5.74) is 13.4. The molecule has 0 unspecified atom stereocenters. The van der Waals surface area contributed by atoms with Gasteiger partial charge in [0, 0.05) is 31.2 Å². The maximum Gasteiger partial charge on any atom is 0.137 e. The number of anilines is 2.